The predicted molar refractivity (Wildman–Crippen MR) is 102 cm³/mol. The molecule has 0 radical (unpaired) electrons. The summed E-state index contributed by atoms with van der Waals surface area (Å²) in [7, 11) is 0. The van der Waals surface area contributed by atoms with E-state index in [-0.39, 0.29) is 18.9 Å². The van der Waals surface area contributed by atoms with E-state index < -0.39 is 11.9 Å². The van der Waals surface area contributed by atoms with Crippen LogP contribution in [-0.2, 0) is 9.59 Å². The van der Waals surface area contributed by atoms with Gasteiger partial charge in [0.15, 0.2) is 5.58 Å². The van der Waals surface area contributed by atoms with E-state index >= 15 is 0 Å². The van der Waals surface area contributed by atoms with Gasteiger partial charge in [-0.3, -0.25) is 9.59 Å². The van der Waals surface area contributed by atoms with Crippen molar-refractivity contribution in [1.82, 2.24) is 4.98 Å². The first kappa shape index (κ1) is 17.3. The van der Waals surface area contributed by atoms with Crippen molar-refractivity contribution < 1.29 is 19.1 Å². The Balaban J connectivity index is 1.64. The highest BCUT2D eigenvalue weighted by Gasteiger charge is 2.35. The van der Waals surface area contributed by atoms with E-state index in [0.717, 1.165) is 5.56 Å². The first-order valence-corrected chi connectivity index (χ1v) is 8.96. The van der Waals surface area contributed by atoms with Gasteiger partial charge in [-0.05, 0) is 35.7 Å². The van der Waals surface area contributed by atoms with E-state index in [0.29, 0.717) is 28.6 Å². The van der Waals surface area contributed by atoms with Crippen LogP contribution >= 0.6 is 0 Å². The maximum Gasteiger partial charge on any atom is 0.308 e. The average Bonchev–Trinajstić information content (AvgIpc) is 3.24. The number of carboxylic acids is 1. The molecular weight excluding hydrogens is 344 g/mol. The Hall–Kier alpha value is -3.15. The van der Waals surface area contributed by atoms with Crippen molar-refractivity contribution in [3.63, 3.8) is 0 Å². The minimum atomic E-state index is -0.946. The van der Waals surface area contributed by atoms with E-state index in [4.69, 9.17) is 9.52 Å². The molecule has 0 aliphatic carbocycles. The molecule has 1 unspecified atom stereocenters. The number of hydrogen-bond donors (Lipinski definition) is 1. The molecule has 1 fully saturated rings. The third-order valence-electron chi connectivity index (χ3n) is 4.98. The standard InChI is InChI=1S/C21H20N2O4/c1-12(2)13-3-5-14(6-4-13)20-22-17-8-7-16(10-18(17)27-20)23-11-15(21(25)26)9-19(23)24/h3-8,10,12,15H,9,11H2,1-2H3,(H,25,26). The zero-order valence-corrected chi connectivity index (χ0v) is 15.2. The van der Waals surface area contributed by atoms with Crippen molar-refractivity contribution in [1.29, 1.82) is 0 Å². The van der Waals surface area contributed by atoms with Crippen LogP contribution in [0.15, 0.2) is 46.9 Å². The van der Waals surface area contributed by atoms with Crippen LogP contribution in [0.2, 0.25) is 0 Å². The van der Waals surface area contributed by atoms with E-state index in [2.05, 4.69) is 31.0 Å². The smallest absolute Gasteiger partial charge is 0.308 e. The second kappa shape index (κ2) is 6.54. The molecule has 1 aliphatic rings. The molecule has 4 rings (SSSR count). The molecule has 6 nitrogen and oxygen atoms in total. The Bertz CT molecular complexity index is 1020. The zero-order valence-electron chi connectivity index (χ0n) is 15.2. The quantitative estimate of drug-likeness (QED) is 0.755. The topological polar surface area (TPSA) is 83.6 Å². The summed E-state index contributed by atoms with van der Waals surface area (Å²) in [5.74, 6) is -0.825. The highest BCUT2D eigenvalue weighted by molar-refractivity contribution is 6.00. The monoisotopic (exact) mass is 364 g/mol. The fourth-order valence-corrected chi connectivity index (χ4v) is 3.34. The van der Waals surface area contributed by atoms with Crippen LogP contribution < -0.4 is 4.90 Å². The largest absolute Gasteiger partial charge is 0.481 e. The Morgan fingerprint density at radius 2 is 1.96 bits per heavy atom. The zero-order chi connectivity index (χ0) is 19.1. The molecule has 27 heavy (non-hydrogen) atoms. The SMILES string of the molecule is CC(C)c1ccc(-c2nc3ccc(N4CC(C(=O)O)CC4=O)cc3o2)cc1. The molecule has 0 bridgehead atoms. The molecular formula is C21H20N2O4. The van der Waals surface area contributed by atoms with Gasteiger partial charge in [0, 0.05) is 30.3 Å². The van der Waals surface area contributed by atoms with Gasteiger partial charge in [-0.1, -0.05) is 26.0 Å². The van der Waals surface area contributed by atoms with Crippen molar-refractivity contribution in [2.24, 2.45) is 5.92 Å². The van der Waals surface area contributed by atoms with Crippen molar-refractivity contribution in [3.8, 4) is 11.5 Å². The van der Waals surface area contributed by atoms with Crippen LogP contribution in [0.3, 0.4) is 0 Å². The Morgan fingerprint density at radius 3 is 2.59 bits per heavy atom. The number of fused-ring (bicyclic) bond motifs is 1. The summed E-state index contributed by atoms with van der Waals surface area (Å²) in [4.78, 5) is 29.3. The Morgan fingerprint density at radius 1 is 1.22 bits per heavy atom. The highest BCUT2D eigenvalue weighted by atomic mass is 16.4. The van der Waals surface area contributed by atoms with Crippen LogP contribution in [0.5, 0.6) is 0 Å². The molecule has 3 aromatic rings. The van der Waals surface area contributed by atoms with Gasteiger partial charge in [-0.2, -0.15) is 0 Å². The summed E-state index contributed by atoms with van der Waals surface area (Å²) in [5, 5.41) is 9.14. The molecule has 138 valence electrons. The number of hydrogen-bond acceptors (Lipinski definition) is 4. The number of rotatable bonds is 4. The summed E-state index contributed by atoms with van der Waals surface area (Å²) in [6.45, 7) is 4.46. The Kier molecular flexibility index (Phi) is 4.18. The summed E-state index contributed by atoms with van der Waals surface area (Å²) in [6, 6.07) is 13.4. The molecule has 1 N–H and O–H groups in total. The number of aromatic nitrogens is 1. The van der Waals surface area contributed by atoms with Gasteiger partial charge in [-0.15, -0.1) is 0 Å². The van der Waals surface area contributed by atoms with Crippen molar-refractivity contribution >= 4 is 28.7 Å². The van der Waals surface area contributed by atoms with E-state index in [9.17, 15) is 9.59 Å². The molecule has 1 atom stereocenters. The van der Waals surface area contributed by atoms with Crippen LogP contribution in [-0.4, -0.2) is 28.5 Å². The van der Waals surface area contributed by atoms with Crippen LogP contribution in [0, 0.1) is 5.92 Å². The van der Waals surface area contributed by atoms with Crippen LogP contribution in [0.25, 0.3) is 22.6 Å². The van der Waals surface area contributed by atoms with E-state index in [1.54, 1.807) is 18.2 Å². The number of oxazole rings is 1. The summed E-state index contributed by atoms with van der Waals surface area (Å²) in [5.41, 5.74) is 4.04. The van der Waals surface area contributed by atoms with E-state index in [1.165, 1.54) is 10.5 Å². The van der Waals surface area contributed by atoms with Crippen LogP contribution in [0.4, 0.5) is 5.69 Å². The normalized spacial score (nSPS) is 17.2. The van der Waals surface area contributed by atoms with Gasteiger partial charge in [0.25, 0.3) is 0 Å². The lowest BCUT2D eigenvalue weighted by atomic mass is 10.0. The maximum atomic E-state index is 12.2. The van der Waals surface area contributed by atoms with Gasteiger partial charge in [0.05, 0.1) is 5.92 Å². The highest BCUT2D eigenvalue weighted by Crippen LogP contribution is 2.31. The number of carbonyl (C=O) groups is 2. The minimum Gasteiger partial charge on any atom is -0.481 e. The summed E-state index contributed by atoms with van der Waals surface area (Å²) < 4.78 is 5.90. The van der Waals surface area contributed by atoms with Crippen molar-refractivity contribution in [2.45, 2.75) is 26.2 Å². The lowest BCUT2D eigenvalue weighted by Gasteiger charge is -2.15. The van der Waals surface area contributed by atoms with Gasteiger partial charge < -0.3 is 14.4 Å². The first-order chi connectivity index (χ1) is 12.9. The third-order valence-corrected chi connectivity index (χ3v) is 4.98. The molecule has 1 saturated heterocycles. The lowest BCUT2D eigenvalue weighted by Crippen LogP contribution is -2.25. The number of aliphatic carboxylic acids is 1. The number of benzene rings is 2. The number of nitrogens with zero attached hydrogens (tertiary/aromatic N) is 2. The molecule has 2 aromatic carbocycles. The van der Waals surface area contributed by atoms with E-state index in [1.807, 2.05) is 12.1 Å². The van der Waals surface area contributed by atoms with Crippen molar-refractivity contribution in [3.05, 3.63) is 48.0 Å². The molecule has 6 heteroatoms. The molecule has 1 amide bonds. The number of amides is 1. The molecule has 0 saturated carbocycles. The van der Waals surface area contributed by atoms with Gasteiger partial charge in [0.2, 0.25) is 11.8 Å². The minimum absolute atomic E-state index is 0.0250. The molecule has 0 spiro atoms. The number of carboxylic acid groups (broad SMARTS) is 1. The predicted octanol–water partition coefficient (Wildman–Crippen LogP) is 4.06. The second-order valence-corrected chi connectivity index (χ2v) is 7.19. The van der Waals surface area contributed by atoms with Crippen LogP contribution in [0.1, 0.15) is 31.7 Å². The summed E-state index contributed by atoms with van der Waals surface area (Å²) >= 11 is 0. The lowest BCUT2D eigenvalue weighted by molar-refractivity contribution is -0.141. The third kappa shape index (κ3) is 3.18. The fraction of sp³-hybridized carbons (Fsp3) is 0.286. The first-order valence-electron chi connectivity index (χ1n) is 8.96. The van der Waals surface area contributed by atoms with Crippen molar-refractivity contribution in [2.75, 3.05) is 11.4 Å². The summed E-state index contributed by atoms with van der Waals surface area (Å²) in [6.07, 6.45) is 0.0250. The van der Waals surface area contributed by atoms with Gasteiger partial charge in [-0.25, -0.2) is 4.98 Å². The average molecular weight is 364 g/mol. The maximum absolute atomic E-state index is 12.2. The second-order valence-electron chi connectivity index (χ2n) is 7.19. The molecule has 1 aromatic heterocycles. The number of anilines is 1. The van der Waals surface area contributed by atoms with Gasteiger partial charge >= 0.3 is 5.97 Å². The molecule has 2 heterocycles. The fourth-order valence-electron chi connectivity index (χ4n) is 3.34. The Labute approximate surface area is 156 Å². The molecule has 1 aliphatic heterocycles. The number of carbonyl (C=O) groups excluding carboxylic acids is 1. The van der Waals surface area contributed by atoms with Gasteiger partial charge in [0.1, 0.15) is 5.52 Å².